The molecule has 1 saturated heterocycles. The Balaban J connectivity index is 2.22. The van der Waals surface area contributed by atoms with E-state index in [1.165, 1.54) is 6.42 Å². The molecule has 1 aromatic carbocycles. The van der Waals surface area contributed by atoms with Gasteiger partial charge in [-0.1, -0.05) is 31.5 Å². The van der Waals surface area contributed by atoms with Gasteiger partial charge >= 0.3 is 0 Å². The van der Waals surface area contributed by atoms with Crippen LogP contribution in [0.3, 0.4) is 0 Å². The summed E-state index contributed by atoms with van der Waals surface area (Å²) in [7, 11) is 0. The van der Waals surface area contributed by atoms with Gasteiger partial charge in [0.2, 0.25) is 0 Å². The Morgan fingerprint density at radius 2 is 2.19 bits per heavy atom. The molecule has 0 aromatic heterocycles. The minimum atomic E-state index is 0.399. The van der Waals surface area contributed by atoms with E-state index in [0.29, 0.717) is 12.0 Å². The van der Waals surface area contributed by atoms with Crippen molar-refractivity contribution in [3.63, 3.8) is 0 Å². The third-order valence-electron chi connectivity index (χ3n) is 3.27. The van der Waals surface area contributed by atoms with Crippen molar-refractivity contribution in [2.45, 2.75) is 26.8 Å². The van der Waals surface area contributed by atoms with E-state index in [1.54, 1.807) is 0 Å². The SMILES string of the molecule is CC1(C)CCN(c2ccc(CN)cc2Cl)C1. The van der Waals surface area contributed by atoms with Gasteiger partial charge in [-0.25, -0.2) is 0 Å². The largest absolute Gasteiger partial charge is 0.370 e. The number of anilines is 1. The van der Waals surface area contributed by atoms with Crippen molar-refractivity contribution in [3.8, 4) is 0 Å². The second-order valence-corrected chi connectivity index (χ2v) is 5.73. The Kier molecular flexibility index (Phi) is 3.13. The number of rotatable bonds is 2. The summed E-state index contributed by atoms with van der Waals surface area (Å²) in [6.45, 7) is 7.32. The van der Waals surface area contributed by atoms with Gasteiger partial charge in [-0.15, -0.1) is 0 Å². The van der Waals surface area contributed by atoms with E-state index in [2.05, 4.69) is 30.9 Å². The first kappa shape index (κ1) is 11.7. The molecular formula is C13H19ClN2. The first-order valence-electron chi connectivity index (χ1n) is 5.75. The van der Waals surface area contributed by atoms with Crippen molar-refractivity contribution >= 4 is 17.3 Å². The van der Waals surface area contributed by atoms with Crippen LogP contribution in [0.2, 0.25) is 5.02 Å². The third-order valence-corrected chi connectivity index (χ3v) is 3.57. The van der Waals surface area contributed by atoms with E-state index in [4.69, 9.17) is 17.3 Å². The first-order valence-corrected chi connectivity index (χ1v) is 6.13. The molecule has 0 bridgehead atoms. The van der Waals surface area contributed by atoms with Crippen LogP contribution in [-0.2, 0) is 6.54 Å². The molecule has 0 amide bonds. The van der Waals surface area contributed by atoms with Gasteiger partial charge < -0.3 is 10.6 Å². The van der Waals surface area contributed by atoms with Gasteiger partial charge in [-0.05, 0) is 29.5 Å². The summed E-state index contributed by atoms with van der Waals surface area (Å²) in [5, 5.41) is 0.820. The van der Waals surface area contributed by atoms with Crippen LogP contribution in [0.4, 0.5) is 5.69 Å². The standard InChI is InChI=1S/C13H19ClN2/c1-13(2)5-6-16(9-13)12-4-3-10(8-15)7-11(12)14/h3-4,7H,5-6,8-9,15H2,1-2H3. The molecule has 3 heteroatoms. The number of halogens is 1. The lowest BCUT2D eigenvalue weighted by atomic mass is 9.93. The average Bonchev–Trinajstić information content (AvgIpc) is 2.58. The predicted molar refractivity (Wildman–Crippen MR) is 70.0 cm³/mol. The highest BCUT2D eigenvalue weighted by atomic mass is 35.5. The van der Waals surface area contributed by atoms with Gasteiger partial charge in [0, 0.05) is 19.6 Å². The van der Waals surface area contributed by atoms with Crippen molar-refractivity contribution in [1.29, 1.82) is 0 Å². The first-order chi connectivity index (χ1) is 7.52. The Bertz CT molecular complexity index is 388. The number of benzene rings is 1. The highest BCUT2D eigenvalue weighted by Crippen LogP contribution is 2.36. The molecule has 0 spiro atoms. The molecule has 1 aromatic rings. The van der Waals surface area contributed by atoms with E-state index in [0.717, 1.165) is 29.4 Å². The fraction of sp³-hybridized carbons (Fsp3) is 0.538. The molecule has 0 atom stereocenters. The zero-order valence-electron chi connectivity index (χ0n) is 9.96. The van der Waals surface area contributed by atoms with Crippen molar-refractivity contribution < 1.29 is 0 Å². The summed E-state index contributed by atoms with van der Waals surface area (Å²) in [6.07, 6.45) is 1.22. The van der Waals surface area contributed by atoms with Gasteiger partial charge in [0.1, 0.15) is 0 Å². The van der Waals surface area contributed by atoms with E-state index in [1.807, 2.05) is 6.07 Å². The van der Waals surface area contributed by atoms with Gasteiger partial charge in [0.05, 0.1) is 10.7 Å². The zero-order valence-corrected chi connectivity index (χ0v) is 10.7. The summed E-state index contributed by atoms with van der Waals surface area (Å²) in [6, 6.07) is 6.13. The summed E-state index contributed by atoms with van der Waals surface area (Å²) in [4.78, 5) is 2.36. The molecule has 1 aliphatic heterocycles. The van der Waals surface area contributed by atoms with E-state index >= 15 is 0 Å². The summed E-state index contributed by atoms with van der Waals surface area (Å²) in [5.74, 6) is 0. The Hall–Kier alpha value is -0.730. The molecule has 0 radical (unpaired) electrons. The van der Waals surface area contributed by atoms with Gasteiger partial charge in [0.25, 0.3) is 0 Å². The number of nitrogens with zero attached hydrogens (tertiary/aromatic N) is 1. The number of hydrogen-bond acceptors (Lipinski definition) is 2. The predicted octanol–water partition coefficient (Wildman–Crippen LogP) is 3.04. The van der Waals surface area contributed by atoms with Gasteiger partial charge in [0.15, 0.2) is 0 Å². The maximum Gasteiger partial charge on any atom is 0.0642 e. The second kappa shape index (κ2) is 4.27. The topological polar surface area (TPSA) is 29.3 Å². The van der Waals surface area contributed by atoms with Gasteiger partial charge in [-0.3, -0.25) is 0 Å². The van der Waals surface area contributed by atoms with Crippen LogP contribution in [0.5, 0.6) is 0 Å². The molecule has 2 nitrogen and oxygen atoms in total. The minimum Gasteiger partial charge on any atom is -0.370 e. The molecular weight excluding hydrogens is 220 g/mol. The van der Waals surface area contributed by atoms with E-state index < -0.39 is 0 Å². The molecule has 0 aliphatic carbocycles. The highest BCUT2D eigenvalue weighted by molar-refractivity contribution is 6.33. The van der Waals surface area contributed by atoms with Crippen LogP contribution >= 0.6 is 11.6 Å². The number of hydrogen-bond donors (Lipinski definition) is 1. The van der Waals surface area contributed by atoms with Crippen LogP contribution in [0.1, 0.15) is 25.8 Å². The van der Waals surface area contributed by atoms with Crippen LogP contribution in [0.25, 0.3) is 0 Å². The molecule has 0 unspecified atom stereocenters. The highest BCUT2D eigenvalue weighted by Gasteiger charge is 2.30. The van der Waals surface area contributed by atoms with Crippen molar-refractivity contribution in [3.05, 3.63) is 28.8 Å². The molecule has 1 heterocycles. The Morgan fingerprint density at radius 3 is 2.69 bits per heavy atom. The summed E-state index contributed by atoms with van der Waals surface area (Å²) >= 11 is 6.28. The van der Waals surface area contributed by atoms with Crippen LogP contribution in [-0.4, -0.2) is 13.1 Å². The maximum absolute atomic E-state index is 6.28. The molecule has 2 rings (SSSR count). The van der Waals surface area contributed by atoms with Crippen molar-refractivity contribution in [1.82, 2.24) is 0 Å². The molecule has 16 heavy (non-hydrogen) atoms. The number of nitrogens with two attached hydrogens (primary N) is 1. The van der Waals surface area contributed by atoms with Crippen LogP contribution in [0.15, 0.2) is 18.2 Å². The minimum absolute atomic E-state index is 0.399. The molecule has 0 saturated carbocycles. The lowest BCUT2D eigenvalue weighted by Crippen LogP contribution is -2.23. The smallest absolute Gasteiger partial charge is 0.0642 e. The molecule has 1 aliphatic rings. The monoisotopic (exact) mass is 238 g/mol. The van der Waals surface area contributed by atoms with Crippen LogP contribution < -0.4 is 10.6 Å². The maximum atomic E-state index is 6.28. The van der Waals surface area contributed by atoms with Crippen molar-refractivity contribution in [2.75, 3.05) is 18.0 Å². The van der Waals surface area contributed by atoms with Crippen molar-refractivity contribution in [2.24, 2.45) is 11.1 Å². The zero-order chi connectivity index (χ0) is 11.8. The summed E-state index contributed by atoms with van der Waals surface area (Å²) in [5.41, 5.74) is 8.22. The van der Waals surface area contributed by atoms with E-state index in [-0.39, 0.29) is 0 Å². The third kappa shape index (κ3) is 2.33. The average molecular weight is 239 g/mol. The van der Waals surface area contributed by atoms with Crippen LogP contribution in [0, 0.1) is 5.41 Å². The van der Waals surface area contributed by atoms with Gasteiger partial charge in [-0.2, -0.15) is 0 Å². The molecule has 1 fully saturated rings. The normalized spacial score (nSPS) is 19.1. The summed E-state index contributed by atoms with van der Waals surface area (Å²) < 4.78 is 0. The molecule has 88 valence electrons. The lowest BCUT2D eigenvalue weighted by Gasteiger charge is -2.22. The lowest BCUT2D eigenvalue weighted by molar-refractivity contribution is 0.418. The van der Waals surface area contributed by atoms with E-state index in [9.17, 15) is 0 Å². The Morgan fingerprint density at radius 1 is 1.44 bits per heavy atom. The molecule has 2 N–H and O–H groups in total. The fourth-order valence-electron chi connectivity index (χ4n) is 2.25. The Labute approximate surface area is 102 Å². The fourth-order valence-corrected chi connectivity index (χ4v) is 2.57. The second-order valence-electron chi connectivity index (χ2n) is 5.33. The quantitative estimate of drug-likeness (QED) is 0.858.